The number of hydrogen-bond donors (Lipinski definition) is 2. The molecule has 1 amide bonds. The van der Waals surface area contributed by atoms with Crippen molar-refractivity contribution in [3.63, 3.8) is 0 Å². The Hall–Kier alpha value is -1.80. The predicted molar refractivity (Wildman–Crippen MR) is 105 cm³/mol. The number of thioether (sulfide) groups is 1. The highest BCUT2D eigenvalue weighted by molar-refractivity contribution is 8.13. The first-order chi connectivity index (χ1) is 12.6. The van der Waals surface area contributed by atoms with E-state index in [4.69, 9.17) is 15.5 Å². The molecule has 0 spiro atoms. The van der Waals surface area contributed by atoms with Crippen LogP contribution in [0, 0.1) is 17.7 Å². The second-order valence-corrected chi connectivity index (χ2v) is 9.24. The quantitative estimate of drug-likeness (QED) is 0.707. The van der Waals surface area contributed by atoms with E-state index in [1.165, 1.54) is 28.8 Å². The molecule has 0 saturated carbocycles. The summed E-state index contributed by atoms with van der Waals surface area (Å²) in [6, 6.07) is 4.45. The number of benzene rings is 1. The third-order valence-corrected chi connectivity index (χ3v) is 6.26. The minimum atomic E-state index is -1.08. The molecule has 3 atom stereocenters. The van der Waals surface area contributed by atoms with Crippen molar-refractivity contribution < 1.29 is 19.0 Å². The maximum Gasteiger partial charge on any atom is 0.413 e. The molecule has 3 rings (SSSR count). The highest BCUT2D eigenvalue weighted by atomic mass is 32.2. The average Bonchev–Trinajstić information content (AvgIpc) is 2.55. The Morgan fingerprint density at radius 2 is 2.19 bits per heavy atom. The molecule has 6 nitrogen and oxygen atoms in total. The second-order valence-electron chi connectivity index (χ2n) is 8.26. The van der Waals surface area contributed by atoms with Crippen molar-refractivity contribution in [2.24, 2.45) is 16.8 Å². The average molecular weight is 396 g/mol. The number of carbonyl (C=O) groups is 1. The summed E-state index contributed by atoms with van der Waals surface area (Å²) < 4.78 is 20.6. The third-order valence-electron chi connectivity index (χ3n) is 5.20. The minimum absolute atomic E-state index is 0.0203. The van der Waals surface area contributed by atoms with Crippen molar-refractivity contribution in [1.82, 2.24) is 4.90 Å². The summed E-state index contributed by atoms with van der Waals surface area (Å²) in [7, 11) is 0. The number of aliphatic imine (C=N–C) groups is 1. The lowest BCUT2D eigenvalue weighted by molar-refractivity contribution is -0.0346. The largest absolute Gasteiger partial charge is 0.465 e. The van der Waals surface area contributed by atoms with E-state index in [9.17, 15) is 14.3 Å². The van der Waals surface area contributed by atoms with Gasteiger partial charge in [0.15, 0.2) is 5.17 Å². The molecule has 8 heteroatoms. The lowest BCUT2D eigenvalue weighted by atomic mass is 9.72. The summed E-state index contributed by atoms with van der Waals surface area (Å²) in [5.74, 6) is 0.411. The van der Waals surface area contributed by atoms with Gasteiger partial charge in [-0.15, -0.1) is 0 Å². The molecule has 2 heterocycles. The number of ether oxygens (including phenoxy) is 1. The fraction of sp³-hybridized carbons (Fsp3) is 0.579. The molecule has 148 valence electrons. The van der Waals surface area contributed by atoms with E-state index >= 15 is 0 Å². The Labute approximate surface area is 163 Å². The highest BCUT2D eigenvalue weighted by Gasteiger charge is 2.51. The van der Waals surface area contributed by atoms with Crippen molar-refractivity contribution in [2.45, 2.75) is 38.8 Å². The van der Waals surface area contributed by atoms with E-state index in [1.54, 1.807) is 6.07 Å². The number of hydrogen-bond acceptors (Lipinski definition) is 5. The van der Waals surface area contributed by atoms with Crippen LogP contribution in [0.15, 0.2) is 23.2 Å². The summed E-state index contributed by atoms with van der Waals surface area (Å²) >= 11 is 1.41. The fourth-order valence-electron chi connectivity index (χ4n) is 3.86. The van der Waals surface area contributed by atoms with Crippen LogP contribution in [-0.2, 0) is 10.3 Å². The highest BCUT2D eigenvalue weighted by Crippen LogP contribution is 2.48. The molecular weight excluding hydrogens is 369 g/mol. The number of halogens is 1. The van der Waals surface area contributed by atoms with Gasteiger partial charge < -0.3 is 15.6 Å². The van der Waals surface area contributed by atoms with Gasteiger partial charge in [0.25, 0.3) is 0 Å². The standard InChI is InChI=1S/C19H26FN3O3S/c1-11-8-26-10-19(13-7-12(21)5-6-15(13)20)14(11)9-27-16(22-19)23(17(24)25)18(2,3)4/h5-7,11,14H,8-10,21H2,1-4H3,(H,24,25)/t11-,14-,19-/m1/s1. The number of anilines is 1. The molecule has 0 bridgehead atoms. The SMILES string of the molecule is C[C@@H]1COC[C@]2(c3cc(N)ccc3F)N=C(N(C(=O)O)C(C)(C)C)SC[C@H]12. The Kier molecular flexibility index (Phi) is 5.16. The van der Waals surface area contributed by atoms with Crippen LogP contribution in [0.25, 0.3) is 0 Å². The van der Waals surface area contributed by atoms with Crippen LogP contribution in [0.2, 0.25) is 0 Å². The number of fused-ring (bicyclic) bond motifs is 1. The van der Waals surface area contributed by atoms with Crippen LogP contribution in [0.4, 0.5) is 14.9 Å². The fourth-order valence-corrected chi connectivity index (χ4v) is 5.50. The monoisotopic (exact) mass is 395 g/mol. The predicted octanol–water partition coefficient (Wildman–Crippen LogP) is 3.77. The van der Waals surface area contributed by atoms with Gasteiger partial charge in [-0.05, 0) is 44.9 Å². The molecule has 0 aromatic heterocycles. The van der Waals surface area contributed by atoms with Gasteiger partial charge in [-0.2, -0.15) is 0 Å². The van der Waals surface area contributed by atoms with E-state index < -0.39 is 23.0 Å². The Bertz CT molecular complexity index is 780. The first kappa shape index (κ1) is 19.9. The Balaban J connectivity index is 2.21. The van der Waals surface area contributed by atoms with Gasteiger partial charge in [0, 0.05) is 35.1 Å². The normalized spacial score (nSPS) is 28.3. The molecule has 1 aromatic rings. The smallest absolute Gasteiger partial charge is 0.413 e. The molecule has 2 aliphatic rings. The van der Waals surface area contributed by atoms with Gasteiger partial charge in [0.2, 0.25) is 0 Å². The van der Waals surface area contributed by atoms with Crippen LogP contribution in [-0.4, -0.2) is 45.8 Å². The zero-order chi connectivity index (χ0) is 20.0. The molecule has 1 fully saturated rings. The molecule has 0 aliphatic carbocycles. The summed E-state index contributed by atoms with van der Waals surface area (Å²) in [4.78, 5) is 18.0. The zero-order valence-corrected chi connectivity index (χ0v) is 16.8. The zero-order valence-electron chi connectivity index (χ0n) is 16.0. The lowest BCUT2D eigenvalue weighted by Crippen LogP contribution is -2.55. The van der Waals surface area contributed by atoms with Crippen LogP contribution in [0.1, 0.15) is 33.3 Å². The topological polar surface area (TPSA) is 88.2 Å². The van der Waals surface area contributed by atoms with Crippen molar-refractivity contribution in [3.8, 4) is 0 Å². The van der Waals surface area contributed by atoms with E-state index in [0.717, 1.165) is 0 Å². The summed E-state index contributed by atoms with van der Waals surface area (Å²) in [6.07, 6.45) is -1.08. The van der Waals surface area contributed by atoms with Crippen LogP contribution in [0.3, 0.4) is 0 Å². The number of amides is 1. The third kappa shape index (κ3) is 3.52. The summed E-state index contributed by atoms with van der Waals surface area (Å²) in [6.45, 7) is 8.26. The van der Waals surface area contributed by atoms with Crippen LogP contribution < -0.4 is 5.73 Å². The van der Waals surface area contributed by atoms with Gasteiger partial charge >= 0.3 is 6.09 Å². The van der Waals surface area contributed by atoms with E-state index in [2.05, 4.69) is 6.92 Å². The second kappa shape index (κ2) is 6.98. The molecule has 2 aliphatic heterocycles. The molecular formula is C19H26FN3O3S. The molecule has 27 heavy (non-hydrogen) atoms. The van der Waals surface area contributed by atoms with Gasteiger partial charge in [0.1, 0.15) is 11.4 Å². The number of nitrogen functional groups attached to an aromatic ring is 1. The Morgan fingerprint density at radius 3 is 2.81 bits per heavy atom. The number of nitrogens with two attached hydrogens (primary N) is 1. The van der Waals surface area contributed by atoms with Gasteiger partial charge in [-0.3, -0.25) is 4.90 Å². The van der Waals surface area contributed by atoms with Gasteiger partial charge in [-0.25, -0.2) is 14.2 Å². The van der Waals surface area contributed by atoms with E-state index in [1.807, 2.05) is 20.8 Å². The molecule has 3 N–H and O–H groups in total. The first-order valence-electron chi connectivity index (χ1n) is 8.95. The van der Waals surface area contributed by atoms with E-state index in [-0.39, 0.29) is 18.4 Å². The lowest BCUT2D eigenvalue weighted by Gasteiger charge is -2.49. The molecule has 1 saturated heterocycles. The maximum atomic E-state index is 14.9. The summed E-state index contributed by atoms with van der Waals surface area (Å²) in [5, 5.41) is 10.1. The number of carboxylic acid groups (broad SMARTS) is 1. The van der Waals surface area contributed by atoms with Crippen molar-refractivity contribution in [1.29, 1.82) is 0 Å². The van der Waals surface area contributed by atoms with Crippen molar-refractivity contribution >= 4 is 28.7 Å². The van der Waals surface area contributed by atoms with Crippen molar-refractivity contribution in [3.05, 3.63) is 29.6 Å². The maximum absolute atomic E-state index is 14.9. The molecule has 0 radical (unpaired) electrons. The number of rotatable bonds is 1. The minimum Gasteiger partial charge on any atom is -0.465 e. The van der Waals surface area contributed by atoms with Crippen molar-refractivity contribution in [2.75, 3.05) is 24.7 Å². The summed E-state index contributed by atoms with van der Waals surface area (Å²) in [5.41, 5.74) is 5.08. The van der Waals surface area contributed by atoms with Crippen LogP contribution >= 0.6 is 11.8 Å². The van der Waals surface area contributed by atoms with E-state index in [0.29, 0.717) is 28.8 Å². The van der Waals surface area contributed by atoms with Gasteiger partial charge in [0.05, 0.1) is 6.61 Å². The van der Waals surface area contributed by atoms with Crippen LogP contribution in [0.5, 0.6) is 0 Å². The molecule has 1 aromatic carbocycles. The Morgan fingerprint density at radius 1 is 1.48 bits per heavy atom. The molecule has 0 unspecified atom stereocenters. The number of nitrogens with zero attached hydrogens (tertiary/aromatic N) is 2. The number of amidine groups is 1. The van der Waals surface area contributed by atoms with Gasteiger partial charge in [-0.1, -0.05) is 18.7 Å². The first-order valence-corrected chi connectivity index (χ1v) is 9.94.